The average Bonchev–Trinajstić information content (AvgIpc) is 0.822. The molecule has 574 valence electrons. The van der Waals surface area contributed by atoms with Crippen LogP contribution in [0.5, 0.6) is 0 Å². The van der Waals surface area contributed by atoms with Crippen molar-refractivity contribution in [3.05, 3.63) is 0 Å². The van der Waals surface area contributed by atoms with Gasteiger partial charge in [-0.25, -0.2) is 0 Å². The number of amides is 11. The number of carbonyl (C=O) groups excluding carboxylic acids is 12. The molecule has 0 spiro atoms. The van der Waals surface area contributed by atoms with Crippen molar-refractivity contribution in [1.82, 2.24) is 60.5 Å². The molecule has 0 aliphatic carbocycles. The molecule has 2 heterocycles. The second kappa shape index (κ2) is 42.8. The molecule has 2 fully saturated rings. The maximum atomic E-state index is 15.4. The lowest BCUT2D eigenvalue weighted by atomic mass is 9.90. The van der Waals surface area contributed by atoms with Crippen LogP contribution in [0, 0.1) is 35.5 Å². The molecule has 11 amide bonds. The second-order valence-electron chi connectivity index (χ2n) is 29.8. The third-order valence-electron chi connectivity index (χ3n) is 19.4. The van der Waals surface area contributed by atoms with Crippen molar-refractivity contribution >= 4 is 70.9 Å². The fraction of sp³-hybridized carbons (Fsp3) is 0.833. The van der Waals surface area contributed by atoms with Crippen LogP contribution in [0.4, 0.5) is 0 Å². The Bertz CT molecular complexity index is 2690. The predicted molar refractivity (Wildman–Crippen MR) is 381 cm³/mol. The van der Waals surface area contributed by atoms with Gasteiger partial charge >= 0.3 is 5.97 Å². The van der Waals surface area contributed by atoms with Gasteiger partial charge in [0.05, 0.1) is 32.0 Å². The summed E-state index contributed by atoms with van der Waals surface area (Å²) in [7, 11) is 9.81. The molecule has 0 radical (unpaired) electrons. The minimum absolute atomic E-state index is 0.0415. The van der Waals surface area contributed by atoms with Crippen LogP contribution >= 0.6 is 0 Å². The van der Waals surface area contributed by atoms with E-state index in [4.69, 9.17) is 14.2 Å². The van der Waals surface area contributed by atoms with Crippen molar-refractivity contribution in [3.8, 4) is 0 Å². The zero-order valence-electron chi connectivity index (χ0n) is 65.1. The van der Waals surface area contributed by atoms with Crippen molar-refractivity contribution in [2.75, 3.05) is 95.4 Å². The molecule has 0 bridgehead atoms. The lowest BCUT2D eigenvalue weighted by Gasteiger charge is -2.41. The second-order valence-corrected chi connectivity index (χ2v) is 29.8. The molecule has 0 aromatic rings. The highest BCUT2D eigenvalue weighted by atomic mass is 16.5. The average molecular weight is 1420 g/mol. The van der Waals surface area contributed by atoms with Crippen molar-refractivity contribution in [2.24, 2.45) is 35.5 Å². The standard InChI is InChI=1S/C72H130N12O16/c1-25-52-68(93)77(18)50(16)67(92)82(23)59(51(17)100-36-30-29-33-84-34-37-98-38-35-84)64(89)76-57(45(9)10)71(96)78(19)53(39-42(3)4)63(88)73-48(14)62(87)74-49(15)66(91)79(20)54(40-43(5)6)69(94)80(21)55(41-44(7)8)70(95)81(22)58(46(11)12)72(97)83(24)60(65(90)75-52)61(86)47(13)31-27-28-32-56(85)99-26-2/h42-55,57-61,86H,25-41H2,1-24H3,(H,73,88)(H,74,87)(H,75,90)(H,76,89)/t47-,48+,49-,50-,51-,52+,53+,54+,55+,57+,58+,59+,60+,61-/m1/s1. The van der Waals surface area contributed by atoms with E-state index < -0.39 is 167 Å². The Morgan fingerprint density at radius 1 is 0.500 bits per heavy atom. The van der Waals surface area contributed by atoms with E-state index >= 15 is 28.8 Å². The van der Waals surface area contributed by atoms with Crippen LogP contribution < -0.4 is 21.3 Å². The van der Waals surface area contributed by atoms with Gasteiger partial charge in [0.25, 0.3) is 0 Å². The van der Waals surface area contributed by atoms with E-state index in [-0.39, 0.29) is 69.5 Å². The summed E-state index contributed by atoms with van der Waals surface area (Å²) in [4.78, 5) is 187. The molecule has 14 atom stereocenters. The van der Waals surface area contributed by atoms with E-state index in [0.717, 1.165) is 40.8 Å². The molecule has 100 heavy (non-hydrogen) atoms. The van der Waals surface area contributed by atoms with Gasteiger partial charge in [-0.2, -0.15) is 0 Å². The van der Waals surface area contributed by atoms with Gasteiger partial charge in [0.2, 0.25) is 65.0 Å². The predicted octanol–water partition coefficient (Wildman–Crippen LogP) is 3.29. The number of unbranched alkanes of at least 4 members (excludes halogenated alkanes) is 2. The molecule has 5 N–H and O–H groups in total. The Labute approximate surface area is 597 Å². The van der Waals surface area contributed by atoms with Gasteiger partial charge in [-0.15, -0.1) is 0 Å². The van der Waals surface area contributed by atoms with Crippen molar-refractivity contribution < 1.29 is 76.9 Å². The Hall–Kier alpha value is -6.52. The molecule has 0 unspecified atom stereocenters. The third kappa shape index (κ3) is 26.1. The van der Waals surface area contributed by atoms with E-state index in [1.165, 1.54) is 89.7 Å². The van der Waals surface area contributed by atoms with Crippen molar-refractivity contribution in [3.63, 3.8) is 0 Å². The van der Waals surface area contributed by atoms with Crippen LogP contribution in [0.2, 0.25) is 0 Å². The number of esters is 1. The summed E-state index contributed by atoms with van der Waals surface area (Å²) < 4.78 is 17.0. The molecule has 0 saturated carbocycles. The van der Waals surface area contributed by atoms with E-state index in [9.17, 15) is 33.9 Å². The van der Waals surface area contributed by atoms with Gasteiger partial charge in [0.15, 0.2) is 0 Å². The number of hydrogen-bond acceptors (Lipinski definition) is 17. The molecular weight excluding hydrogens is 1290 g/mol. The molecule has 2 aliphatic rings. The fourth-order valence-corrected chi connectivity index (χ4v) is 13.0. The summed E-state index contributed by atoms with van der Waals surface area (Å²) in [6, 6.07) is -14.5. The SMILES string of the molecule is CCOC(=O)CCCC[C@@H](C)[C@@H](O)[C@H]1C(=O)N[C@@H](CC)C(=O)N(C)[C@H](C)C(=O)N(C)[C@@H]([C@@H](C)OCCCCN2CCOCC2)C(=O)N[C@@H](C(C)C)C(=O)N(C)[C@@H](CC(C)C)C(=O)N[C@@H](C)C(=O)N[C@H](C)C(=O)N(C)[C@@H](CC(C)C)C(=O)N(C)[C@@H](CC(C)C)C(=O)N(C)[C@@H](C(C)C)C(=O)N1C. The number of likely N-dealkylation sites (N-methyl/N-ethyl adjacent to an activating group) is 7. The summed E-state index contributed by atoms with van der Waals surface area (Å²) in [6.45, 7) is 33.0. The lowest BCUT2D eigenvalue weighted by molar-refractivity contribution is -0.157. The quantitative estimate of drug-likeness (QED) is 0.0684. The van der Waals surface area contributed by atoms with Crippen molar-refractivity contribution in [2.45, 2.75) is 261 Å². The Balaban J connectivity index is 3.03. The van der Waals surface area contributed by atoms with Gasteiger partial charge in [-0.3, -0.25) is 62.4 Å². The molecule has 0 aromatic carbocycles. The minimum atomic E-state index is -1.71. The normalized spacial score (nSPS) is 26.6. The molecule has 2 rings (SSSR count). The largest absolute Gasteiger partial charge is 0.466 e. The summed E-state index contributed by atoms with van der Waals surface area (Å²) >= 11 is 0. The van der Waals surface area contributed by atoms with Crippen LogP contribution in [0.3, 0.4) is 0 Å². The Morgan fingerprint density at radius 2 is 0.990 bits per heavy atom. The van der Waals surface area contributed by atoms with Gasteiger partial charge in [0, 0.05) is 75.5 Å². The zero-order chi connectivity index (χ0) is 76.5. The maximum absolute atomic E-state index is 15.4. The van der Waals surface area contributed by atoms with Crippen LogP contribution in [-0.4, -0.2) is 289 Å². The molecule has 28 nitrogen and oxygen atoms in total. The maximum Gasteiger partial charge on any atom is 0.305 e. The van der Waals surface area contributed by atoms with Gasteiger partial charge in [-0.05, 0) is 128 Å². The number of morpholine rings is 1. The highest BCUT2D eigenvalue weighted by Gasteiger charge is 2.47. The third-order valence-corrected chi connectivity index (χ3v) is 19.4. The molecule has 28 heteroatoms. The summed E-state index contributed by atoms with van der Waals surface area (Å²) in [5.41, 5.74) is 0. The van der Waals surface area contributed by atoms with E-state index in [2.05, 4.69) is 26.2 Å². The van der Waals surface area contributed by atoms with Crippen LogP contribution in [-0.2, 0) is 71.7 Å². The van der Waals surface area contributed by atoms with E-state index in [1.807, 2.05) is 41.5 Å². The highest BCUT2D eigenvalue weighted by molar-refractivity contribution is 6.00. The number of nitrogens with zero attached hydrogens (tertiary/aromatic N) is 8. The number of aliphatic hydroxyl groups excluding tert-OH is 1. The van der Waals surface area contributed by atoms with Gasteiger partial charge in [0.1, 0.15) is 66.5 Å². The Morgan fingerprint density at radius 3 is 1.51 bits per heavy atom. The first-order valence-corrected chi connectivity index (χ1v) is 36.4. The zero-order valence-corrected chi connectivity index (χ0v) is 65.1. The van der Waals surface area contributed by atoms with E-state index in [1.54, 1.807) is 55.4 Å². The molecule has 2 aliphatic heterocycles. The number of nitrogens with one attached hydrogen (secondary N) is 4. The first-order valence-electron chi connectivity index (χ1n) is 36.4. The summed E-state index contributed by atoms with van der Waals surface area (Å²) in [6.07, 6.45) is 0.298. The monoisotopic (exact) mass is 1420 g/mol. The topological polar surface area (TPSA) is 327 Å². The van der Waals surface area contributed by atoms with Crippen LogP contribution in [0.25, 0.3) is 0 Å². The van der Waals surface area contributed by atoms with E-state index in [0.29, 0.717) is 32.5 Å². The number of aliphatic hydroxyl groups is 1. The molecule has 0 aromatic heterocycles. The number of hydrogen-bond donors (Lipinski definition) is 5. The van der Waals surface area contributed by atoms with Crippen LogP contribution in [0.1, 0.15) is 182 Å². The number of carbonyl (C=O) groups is 12. The van der Waals surface area contributed by atoms with Crippen molar-refractivity contribution in [1.29, 1.82) is 0 Å². The number of rotatable bonds is 24. The first kappa shape index (κ1) is 89.6. The van der Waals surface area contributed by atoms with Crippen LogP contribution in [0.15, 0.2) is 0 Å². The fourth-order valence-electron chi connectivity index (χ4n) is 13.0. The summed E-state index contributed by atoms with van der Waals surface area (Å²) in [5, 5.41) is 23.5. The Kier molecular flexibility index (Phi) is 38.3. The highest BCUT2D eigenvalue weighted by Crippen LogP contribution is 2.27. The molecular formula is C72H130N12O16. The summed E-state index contributed by atoms with van der Waals surface area (Å²) in [5.74, 6) is -10.8. The van der Waals surface area contributed by atoms with Gasteiger partial charge in [-0.1, -0.05) is 89.5 Å². The smallest absolute Gasteiger partial charge is 0.305 e. The molecule has 2 saturated heterocycles. The lowest BCUT2D eigenvalue weighted by Crippen LogP contribution is -2.64. The minimum Gasteiger partial charge on any atom is -0.466 e. The first-order chi connectivity index (χ1) is 46.6. The van der Waals surface area contributed by atoms with Gasteiger partial charge < -0.3 is 74.9 Å². The number of ether oxygens (including phenoxy) is 3.